The SMILES string of the molecule is CCC1=C(N(C)C=O)C(c2ccc([N+](=O)[O-])cc2)C(N(C=O)CCCN2CCC(C(=O)OC)(c3ccccc3)CC2)=C(CCCCOC)N1. The molecule has 0 saturated carbocycles. The van der Waals surface area contributed by atoms with Crippen LogP contribution in [0.15, 0.2) is 77.4 Å². The number of unbranched alkanes of at least 4 members (excludes halogenated alkanes) is 1. The number of amides is 2. The number of likely N-dealkylation sites (tertiary alicyclic amines) is 1. The van der Waals surface area contributed by atoms with Crippen molar-refractivity contribution in [2.45, 2.75) is 63.2 Å². The number of piperidine rings is 1. The van der Waals surface area contributed by atoms with E-state index in [0.29, 0.717) is 64.0 Å². The number of hydrogen-bond acceptors (Lipinski definition) is 9. The highest BCUT2D eigenvalue weighted by Crippen LogP contribution is 2.43. The fourth-order valence-electron chi connectivity index (χ4n) is 7.13. The molecule has 49 heavy (non-hydrogen) atoms. The van der Waals surface area contributed by atoms with Crippen LogP contribution >= 0.6 is 0 Å². The number of non-ortho nitro benzene ring substituents is 1. The van der Waals surface area contributed by atoms with Crippen LogP contribution in [-0.2, 0) is 29.3 Å². The van der Waals surface area contributed by atoms with E-state index in [1.165, 1.54) is 24.1 Å². The van der Waals surface area contributed by atoms with E-state index in [9.17, 15) is 24.5 Å². The summed E-state index contributed by atoms with van der Waals surface area (Å²) in [6, 6.07) is 16.1. The fraction of sp³-hybridized carbons (Fsp3) is 0.486. The minimum Gasteiger partial charge on any atom is -0.468 e. The molecule has 264 valence electrons. The second-order valence-corrected chi connectivity index (χ2v) is 12.6. The van der Waals surface area contributed by atoms with E-state index in [0.717, 1.165) is 60.4 Å². The van der Waals surface area contributed by atoms with Gasteiger partial charge in [-0.2, -0.15) is 0 Å². The van der Waals surface area contributed by atoms with E-state index in [1.54, 1.807) is 31.2 Å². The van der Waals surface area contributed by atoms with E-state index in [2.05, 4.69) is 10.2 Å². The van der Waals surface area contributed by atoms with Gasteiger partial charge in [0.15, 0.2) is 0 Å². The Bertz CT molecular complexity index is 1500. The Balaban J connectivity index is 1.61. The number of allylic oxidation sites excluding steroid dienone is 2. The van der Waals surface area contributed by atoms with Gasteiger partial charge in [-0.3, -0.25) is 24.5 Å². The van der Waals surface area contributed by atoms with Gasteiger partial charge in [0, 0.05) is 50.8 Å². The van der Waals surface area contributed by atoms with Crippen LogP contribution in [0.3, 0.4) is 0 Å². The Morgan fingerprint density at radius 2 is 1.69 bits per heavy atom. The van der Waals surface area contributed by atoms with Crippen molar-refractivity contribution in [3.8, 4) is 0 Å². The normalized spacial score (nSPS) is 17.7. The van der Waals surface area contributed by atoms with Crippen molar-refractivity contribution >= 4 is 24.5 Å². The molecule has 1 fully saturated rings. The lowest BCUT2D eigenvalue weighted by atomic mass is 9.72. The number of carbonyl (C=O) groups is 3. The first-order valence-electron chi connectivity index (χ1n) is 17.0. The molecular formula is C37H49N5O7. The molecule has 0 radical (unpaired) electrons. The standard InChI is InChI=1S/C37H49N5O7/c1-5-31-34(39(2)26-43)33(28-15-17-30(18-16-28)42(46)47)35(32(38-31)14-9-10-25-48-3)41(27-44)22-11-21-40-23-19-37(20-24-40,36(45)49-4)29-12-7-6-8-13-29/h6-8,12-13,15-18,26-27,33,38H,5,9-11,14,19-25H2,1-4H3. The number of esters is 1. The second kappa shape index (κ2) is 17.7. The Kier molecular flexibility index (Phi) is 13.5. The van der Waals surface area contributed by atoms with Crippen molar-refractivity contribution < 1.29 is 28.8 Å². The summed E-state index contributed by atoms with van der Waals surface area (Å²) in [7, 11) is 4.79. The summed E-state index contributed by atoms with van der Waals surface area (Å²) < 4.78 is 10.5. The molecule has 12 heteroatoms. The fourth-order valence-corrected chi connectivity index (χ4v) is 7.13. The molecule has 0 bridgehead atoms. The van der Waals surface area contributed by atoms with Crippen molar-refractivity contribution in [2.75, 3.05) is 54.1 Å². The maximum absolute atomic E-state index is 13.0. The molecule has 1 atom stereocenters. The third-order valence-corrected chi connectivity index (χ3v) is 9.74. The Morgan fingerprint density at radius 1 is 1.00 bits per heavy atom. The van der Waals surface area contributed by atoms with Gasteiger partial charge in [0.05, 0.1) is 34.8 Å². The average Bonchev–Trinajstić information content (AvgIpc) is 3.14. The summed E-state index contributed by atoms with van der Waals surface area (Å²) in [5, 5.41) is 15.1. The van der Waals surface area contributed by atoms with Gasteiger partial charge >= 0.3 is 5.97 Å². The molecule has 0 aliphatic carbocycles. The number of rotatable bonds is 18. The predicted octanol–water partition coefficient (Wildman–Crippen LogP) is 5.08. The van der Waals surface area contributed by atoms with Crippen molar-refractivity contribution in [1.29, 1.82) is 0 Å². The summed E-state index contributed by atoms with van der Waals surface area (Å²) >= 11 is 0. The molecule has 2 aliphatic heterocycles. The summed E-state index contributed by atoms with van der Waals surface area (Å²) in [6.07, 6.45) is 6.43. The minimum atomic E-state index is -0.681. The van der Waals surface area contributed by atoms with Crippen molar-refractivity contribution in [3.63, 3.8) is 0 Å². The first-order chi connectivity index (χ1) is 23.7. The molecular weight excluding hydrogens is 626 g/mol. The van der Waals surface area contributed by atoms with E-state index in [4.69, 9.17) is 9.47 Å². The van der Waals surface area contributed by atoms with Gasteiger partial charge in [-0.05, 0) is 75.7 Å². The topological polar surface area (TPSA) is 135 Å². The van der Waals surface area contributed by atoms with E-state index in [1.807, 2.05) is 37.3 Å². The van der Waals surface area contributed by atoms with Crippen LogP contribution in [-0.4, -0.2) is 92.5 Å². The minimum absolute atomic E-state index is 0.0368. The lowest BCUT2D eigenvalue weighted by Gasteiger charge is -2.41. The van der Waals surface area contributed by atoms with Crippen LogP contribution in [0.5, 0.6) is 0 Å². The highest BCUT2D eigenvalue weighted by atomic mass is 16.6. The predicted molar refractivity (Wildman–Crippen MR) is 186 cm³/mol. The number of dihydropyridines is 1. The van der Waals surface area contributed by atoms with Crippen LogP contribution in [0.4, 0.5) is 5.69 Å². The van der Waals surface area contributed by atoms with E-state index < -0.39 is 16.3 Å². The summed E-state index contributed by atoms with van der Waals surface area (Å²) in [6.45, 7) is 5.18. The number of benzene rings is 2. The Morgan fingerprint density at radius 3 is 2.27 bits per heavy atom. The lowest BCUT2D eigenvalue weighted by molar-refractivity contribution is -0.384. The molecule has 1 saturated heterocycles. The molecule has 2 amide bonds. The van der Waals surface area contributed by atoms with Gasteiger partial charge in [0.25, 0.3) is 5.69 Å². The highest BCUT2D eigenvalue weighted by molar-refractivity contribution is 5.83. The molecule has 2 aliphatic rings. The highest BCUT2D eigenvalue weighted by Gasteiger charge is 2.44. The second-order valence-electron chi connectivity index (χ2n) is 12.6. The zero-order valence-electron chi connectivity index (χ0n) is 29.1. The monoisotopic (exact) mass is 675 g/mol. The number of hydrogen-bond donors (Lipinski definition) is 1. The molecule has 0 spiro atoms. The lowest BCUT2D eigenvalue weighted by Crippen LogP contribution is -2.48. The van der Waals surface area contributed by atoms with E-state index >= 15 is 0 Å². The van der Waals surface area contributed by atoms with Crippen molar-refractivity contribution in [2.24, 2.45) is 0 Å². The third kappa shape index (κ3) is 8.55. The van der Waals surface area contributed by atoms with Crippen LogP contribution in [0.2, 0.25) is 0 Å². The number of nitro groups is 1. The maximum atomic E-state index is 13.0. The van der Waals surface area contributed by atoms with Gasteiger partial charge in [-0.15, -0.1) is 0 Å². The average molecular weight is 676 g/mol. The van der Waals surface area contributed by atoms with Crippen LogP contribution in [0.1, 0.15) is 68.9 Å². The van der Waals surface area contributed by atoms with Crippen molar-refractivity contribution in [1.82, 2.24) is 20.0 Å². The third-order valence-electron chi connectivity index (χ3n) is 9.74. The number of nitro benzene ring substituents is 1. The molecule has 0 aromatic heterocycles. The maximum Gasteiger partial charge on any atom is 0.316 e. The molecule has 4 rings (SSSR count). The zero-order valence-corrected chi connectivity index (χ0v) is 29.1. The van der Waals surface area contributed by atoms with Crippen molar-refractivity contribution in [3.05, 3.63) is 98.6 Å². The van der Waals surface area contributed by atoms with Gasteiger partial charge in [0.1, 0.15) is 0 Å². The number of ether oxygens (including phenoxy) is 2. The van der Waals surface area contributed by atoms with Crippen LogP contribution in [0.25, 0.3) is 0 Å². The molecule has 2 aromatic carbocycles. The Labute approximate surface area is 288 Å². The molecule has 12 nitrogen and oxygen atoms in total. The number of carbonyl (C=O) groups excluding carboxylic acids is 3. The molecule has 2 aromatic rings. The first kappa shape index (κ1) is 37.3. The van der Waals surface area contributed by atoms with E-state index in [-0.39, 0.29) is 11.7 Å². The number of nitrogens with one attached hydrogen (secondary N) is 1. The van der Waals surface area contributed by atoms with Gasteiger partial charge in [0.2, 0.25) is 12.8 Å². The van der Waals surface area contributed by atoms with Gasteiger partial charge in [-0.25, -0.2) is 0 Å². The summed E-state index contributed by atoms with van der Waals surface area (Å²) in [4.78, 5) is 54.8. The molecule has 1 unspecified atom stereocenters. The molecule has 2 heterocycles. The first-order valence-corrected chi connectivity index (χ1v) is 17.0. The van der Waals surface area contributed by atoms with Gasteiger partial charge in [-0.1, -0.05) is 49.4 Å². The smallest absolute Gasteiger partial charge is 0.316 e. The quantitative estimate of drug-likeness (QED) is 0.0755. The molecule has 1 N–H and O–H groups in total. The zero-order chi connectivity index (χ0) is 35.4. The van der Waals surface area contributed by atoms with Crippen LogP contribution < -0.4 is 5.32 Å². The summed E-state index contributed by atoms with van der Waals surface area (Å²) in [5.74, 6) is -0.732. The van der Waals surface area contributed by atoms with Crippen LogP contribution in [0, 0.1) is 10.1 Å². The number of methoxy groups -OCH3 is 2. The number of likely N-dealkylation sites (N-methyl/N-ethyl adjacent to an activating group) is 1. The van der Waals surface area contributed by atoms with Gasteiger partial charge < -0.3 is 29.5 Å². The largest absolute Gasteiger partial charge is 0.468 e. The summed E-state index contributed by atoms with van der Waals surface area (Å²) in [5.41, 5.74) is 4.17. The Hall–Kier alpha value is -4.55. The number of nitrogens with zero attached hydrogens (tertiary/aromatic N) is 4.